The Balaban J connectivity index is 1.93. The first-order valence-electron chi connectivity index (χ1n) is 6.34. The highest BCUT2D eigenvalue weighted by molar-refractivity contribution is 7.88. The van der Waals surface area contributed by atoms with Gasteiger partial charge in [-0.3, -0.25) is 4.90 Å². The summed E-state index contributed by atoms with van der Waals surface area (Å²) in [7, 11) is -1.33. The molecule has 2 rings (SSSR count). The number of nitrogens with two attached hydrogens (primary N) is 1. The van der Waals surface area contributed by atoms with Crippen LogP contribution in [0.3, 0.4) is 0 Å². The summed E-state index contributed by atoms with van der Waals surface area (Å²) in [5.41, 5.74) is 5.94. The lowest BCUT2D eigenvalue weighted by Crippen LogP contribution is -2.67. The van der Waals surface area contributed by atoms with Crippen LogP contribution < -0.4 is 5.73 Å². The third kappa shape index (κ3) is 2.55. The summed E-state index contributed by atoms with van der Waals surface area (Å²) in [5, 5.41) is 0. The highest BCUT2D eigenvalue weighted by Crippen LogP contribution is 2.39. The molecule has 1 heterocycles. The van der Waals surface area contributed by atoms with Gasteiger partial charge in [0.15, 0.2) is 0 Å². The van der Waals surface area contributed by atoms with Crippen LogP contribution in [0.2, 0.25) is 0 Å². The zero-order chi connectivity index (χ0) is 13.4. The Kier molecular flexibility index (Phi) is 3.99. The molecule has 2 N–H and O–H groups in total. The van der Waals surface area contributed by atoms with Crippen LogP contribution in [-0.4, -0.2) is 75.4 Å². The van der Waals surface area contributed by atoms with E-state index in [1.807, 2.05) is 0 Å². The monoisotopic (exact) mass is 277 g/mol. The molecule has 0 bridgehead atoms. The van der Waals surface area contributed by atoms with Gasteiger partial charge in [0.05, 0.1) is 12.4 Å². The van der Waals surface area contributed by atoms with Crippen molar-refractivity contribution in [3.63, 3.8) is 0 Å². The van der Waals surface area contributed by atoms with E-state index in [4.69, 9.17) is 10.5 Å². The fraction of sp³-hybridized carbons (Fsp3) is 1.00. The maximum Gasteiger partial charge on any atom is 0.211 e. The van der Waals surface area contributed by atoms with E-state index in [2.05, 4.69) is 4.90 Å². The van der Waals surface area contributed by atoms with Crippen LogP contribution in [0.15, 0.2) is 0 Å². The van der Waals surface area contributed by atoms with Gasteiger partial charge in [-0.2, -0.15) is 4.31 Å². The Hall–Kier alpha value is -0.210. The Morgan fingerprint density at radius 2 is 1.83 bits per heavy atom. The SMILES string of the molecule is COC1CC(CN)(N2CCN(S(C)(=O)=O)CC2)C1. The number of methoxy groups -OCH3 is 1. The average molecular weight is 277 g/mol. The van der Waals surface area contributed by atoms with Crippen molar-refractivity contribution in [2.24, 2.45) is 5.73 Å². The van der Waals surface area contributed by atoms with E-state index in [-0.39, 0.29) is 5.54 Å². The second-order valence-corrected chi connectivity index (χ2v) is 7.33. The van der Waals surface area contributed by atoms with Gasteiger partial charge in [-0.1, -0.05) is 0 Å². The maximum atomic E-state index is 11.5. The van der Waals surface area contributed by atoms with Gasteiger partial charge < -0.3 is 10.5 Å². The fourth-order valence-corrected chi connectivity index (χ4v) is 3.83. The van der Waals surface area contributed by atoms with E-state index in [0.717, 1.165) is 25.9 Å². The largest absolute Gasteiger partial charge is 0.381 e. The van der Waals surface area contributed by atoms with E-state index in [0.29, 0.717) is 25.7 Å². The second kappa shape index (κ2) is 5.05. The van der Waals surface area contributed by atoms with Crippen molar-refractivity contribution in [3.8, 4) is 0 Å². The van der Waals surface area contributed by atoms with Gasteiger partial charge in [-0.25, -0.2) is 8.42 Å². The minimum absolute atomic E-state index is 0.0320. The summed E-state index contributed by atoms with van der Waals surface area (Å²) in [6.45, 7) is 3.28. The van der Waals surface area contributed by atoms with Crippen LogP contribution in [0.5, 0.6) is 0 Å². The number of nitrogens with zero attached hydrogens (tertiary/aromatic N) is 2. The summed E-state index contributed by atoms with van der Waals surface area (Å²) in [4.78, 5) is 2.34. The highest BCUT2D eigenvalue weighted by Gasteiger charge is 2.48. The molecule has 0 amide bonds. The van der Waals surface area contributed by atoms with E-state index in [1.165, 1.54) is 6.26 Å². The molecule has 18 heavy (non-hydrogen) atoms. The molecule has 106 valence electrons. The molecule has 0 radical (unpaired) electrons. The van der Waals surface area contributed by atoms with Gasteiger partial charge in [0, 0.05) is 45.4 Å². The summed E-state index contributed by atoms with van der Waals surface area (Å²) in [5.74, 6) is 0. The molecule has 0 aromatic rings. The van der Waals surface area contributed by atoms with Crippen molar-refractivity contribution >= 4 is 10.0 Å². The molecule has 0 spiro atoms. The molecule has 1 saturated heterocycles. The summed E-state index contributed by atoms with van der Waals surface area (Å²) in [6, 6.07) is 0. The first-order valence-corrected chi connectivity index (χ1v) is 8.19. The molecule has 6 nitrogen and oxygen atoms in total. The lowest BCUT2D eigenvalue weighted by Gasteiger charge is -2.55. The van der Waals surface area contributed by atoms with E-state index in [1.54, 1.807) is 11.4 Å². The maximum absolute atomic E-state index is 11.5. The lowest BCUT2D eigenvalue weighted by atomic mass is 9.72. The van der Waals surface area contributed by atoms with Gasteiger partial charge in [0.25, 0.3) is 0 Å². The van der Waals surface area contributed by atoms with Gasteiger partial charge in [-0.15, -0.1) is 0 Å². The highest BCUT2D eigenvalue weighted by atomic mass is 32.2. The quantitative estimate of drug-likeness (QED) is 0.718. The lowest BCUT2D eigenvalue weighted by molar-refractivity contribution is -0.0945. The minimum Gasteiger partial charge on any atom is -0.381 e. The standard InChI is InChI=1S/C11H23N3O3S/c1-17-10-7-11(8-10,9-12)13-3-5-14(6-4-13)18(2,15)16/h10H,3-9,12H2,1-2H3. The summed E-state index contributed by atoms with van der Waals surface area (Å²) in [6.07, 6.45) is 3.49. The molecule has 0 unspecified atom stereocenters. The zero-order valence-corrected chi connectivity index (χ0v) is 11.9. The Bertz CT molecular complexity index is 384. The van der Waals surface area contributed by atoms with Gasteiger partial charge in [0.1, 0.15) is 0 Å². The molecular formula is C11H23N3O3S. The molecule has 1 saturated carbocycles. The molecule has 0 atom stereocenters. The summed E-state index contributed by atoms with van der Waals surface area (Å²) >= 11 is 0. The van der Waals surface area contributed by atoms with Crippen LogP contribution in [-0.2, 0) is 14.8 Å². The predicted molar refractivity (Wildman–Crippen MR) is 69.8 cm³/mol. The van der Waals surface area contributed by atoms with Crippen molar-refractivity contribution in [3.05, 3.63) is 0 Å². The molecule has 2 fully saturated rings. The van der Waals surface area contributed by atoms with Gasteiger partial charge >= 0.3 is 0 Å². The predicted octanol–water partition coefficient (Wildman–Crippen LogP) is -0.930. The average Bonchev–Trinajstić information content (AvgIpc) is 2.28. The Morgan fingerprint density at radius 3 is 2.22 bits per heavy atom. The van der Waals surface area contributed by atoms with Crippen LogP contribution in [0.4, 0.5) is 0 Å². The number of rotatable bonds is 4. The minimum atomic E-state index is -3.05. The molecule has 0 aromatic heterocycles. The number of hydrogen-bond acceptors (Lipinski definition) is 5. The molecule has 7 heteroatoms. The van der Waals surface area contributed by atoms with E-state index >= 15 is 0 Å². The smallest absolute Gasteiger partial charge is 0.211 e. The van der Waals surface area contributed by atoms with Crippen LogP contribution in [0, 0.1) is 0 Å². The van der Waals surface area contributed by atoms with E-state index < -0.39 is 10.0 Å². The van der Waals surface area contributed by atoms with Gasteiger partial charge in [0.2, 0.25) is 10.0 Å². The molecule has 1 aliphatic carbocycles. The third-order valence-corrected chi connectivity index (χ3v) is 5.61. The molecule has 1 aliphatic heterocycles. The zero-order valence-electron chi connectivity index (χ0n) is 11.1. The molecule has 0 aromatic carbocycles. The number of sulfonamides is 1. The van der Waals surface area contributed by atoms with Crippen molar-refractivity contribution in [1.29, 1.82) is 0 Å². The van der Waals surface area contributed by atoms with E-state index in [9.17, 15) is 8.42 Å². The molecule has 2 aliphatic rings. The van der Waals surface area contributed by atoms with Gasteiger partial charge in [-0.05, 0) is 12.8 Å². The van der Waals surface area contributed by atoms with Crippen molar-refractivity contribution in [2.45, 2.75) is 24.5 Å². The topological polar surface area (TPSA) is 75.9 Å². The van der Waals surface area contributed by atoms with Crippen molar-refractivity contribution in [2.75, 3.05) is 46.1 Å². The Morgan fingerprint density at radius 1 is 1.28 bits per heavy atom. The number of hydrogen-bond donors (Lipinski definition) is 1. The normalized spacial score (nSPS) is 35.4. The molecular weight excluding hydrogens is 254 g/mol. The van der Waals surface area contributed by atoms with Crippen LogP contribution >= 0.6 is 0 Å². The first kappa shape index (κ1) is 14.2. The van der Waals surface area contributed by atoms with Crippen molar-refractivity contribution in [1.82, 2.24) is 9.21 Å². The number of piperazine rings is 1. The second-order valence-electron chi connectivity index (χ2n) is 5.34. The van der Waals surface area contributed by atoms with Crippen LogP contribution in [0.1, 0.15) is 12.8 Å². The number of ether oxygens (including phenoxy) is 1. The fourth-order valence-electron chi connectivity index (χ4n) is 3.00. The van der Waals surface area contributed by atoms with Crippen LogP contribution in [0.25, 0.3) is 0 Å². The van der Waals surface area contributed by atoms with Crippen molar-refractivity contribution < 1.29 is 13.2 Å². The first-order chi connectivity index (χ1) is 8.41. The summed E-state index contributed by atoms with van der Waals surface area (Å²) < 4.78 is 29.8. The third-order valence-electron chi connectivity index (χ3n) is 4.31. The Labute approximate surface area is 109 Å².